The molecule has 1 aromatic carbocycles. The van der Waals surface area contributed by atoms with Crippen LogP contribution in [-0.2, 0) is 4.74 Å². The van der Waals surface area contributed by atoms with Gasteiger partial charge >= 0.3 is 0 Å². The van der Waals surface area contributed by atoms with Crippen molar-refractivity contribution in [3.05, 3.63) is 29.8 Å². The van der Waals surface area contributed by atoms with Gasteiger partial charge < -0.3 is 10.5 Å². The minimum absolute atomic E-state index is 0.589. The molecule has 64 valence electrons. The lowest BCUT2D eigenvalue weighted by Crippen LogP contribution is -1.97. The molecule has 0 bridgehead atoms. The summed E-state index contributed by atoms with van der Waals surface area (Å²) in [5.41, 5.74) is 7.77. The Bertz CT molecular complexity index is 249. The third-order valence-corrected chi connectivity index (χ3v) is 2.34. The Morgan fingerprint density at radius 1 is 1.25 bits per heavy atom. The van der Waals surface area contributed by atoms with Crippen molar-refractivity contribution in [1.29, 1.82) is 0 Å². The van der Waals surface area contributed by atoms with E-state index >= 15 is 0 Å². The maximum Gasteiger partial charge on any atom is 0.0535 e. The van der Waals surface area contributed by atoms with Gasteiger partial charge in [0.1, 0.15) is 0 Å². The number of ether oxygens (including phenoxy) is 1. The number of rotatable bonds is 1. The first kappa shape index (κ1) is 7.62. The van der Waals surface area contributed by atoms with Crippen molar-refractivity contribution in [1.82, 2.24) is 0 Å². The van der Waals surface area contributed by atoms with Crippen molar-refractivity contribution in [3.63, 3.8) is 0 Å². The van der Waals surface area contributed by atoms with Crippen LogP contribution in [0.2, 0.25) is 0 Å². The molecule has 0 spiro atoms. The Kier molecular flexibility index (Phi) is 2.00. The zero-order valence-electron chi connectivity index (χ0n) is 6.99. The van der Waals surface area contributed by atoms with Crippen molar-refractivity contribution < 1.29 is 4.74 Å². The Morgan fingerprint density at radius 2 is 2.00 bits per heavy atom. The first-order valence-electron chi connectivity index (χ1n) is 4.29. The molecule has 0 aliphatic carbocycles. The maximum atomic E-state index is 5.59. The lowest BCUT2D eigenvalue weighted by molar-refractivity contribution is 0.194. The van der Waals surface area contributed by atoms with E-state index in [9.17, 15) is 0 Å². The number of nitrogen functional groups attached to an aromatic ring is 1. The summed E-state index contributed by atoms with van der Waals surface area (Å²) in [5, 5.41) is 0. The minimum atomic E-state index is 0.589. The fourth-order valence-corrected chi connectivity index (χ4v) is 1.57. The van der Waals surface area contributed by atoms with Gasteiger partial charge in [0, 0.05) is 18.2 Å². The van der Waals surface area contributed by atoms with Crippen LogP contribution in [0.25, 0.3) is 0 Å². The van der Waals surface area contributed by atoms with Crippen molar-refractivity contribution in [2.24, 2.45) is 0 Å². The summed E-state index contributed by atoms with van der Waals surface area (Å²) in [5.74, 6) is 0.589. The minimum Gasteiger partial charge on any atom is -0.399 e. The summed E-state index contributed by atoms with van der Waals surface area (Å²) < 4.78 is 5.31. The van der Waals surface area contributed by atoms with Crippen molar-refractivity contribution in [2.45, 2.75) is 12.3 Å². The van der Waals surface area contributed by atoms with Crippen LogP contribution < -0.4 is 5.73 Å². The van der Waals surface area contributed by atoms with Gasteiger partial charge in [0.05, 0.1) is 6.61 Å². The monoisotopic (exact) mass is 163 g/mol. The molecule has 1 heterocycles. The molecule has 1 fully saturated rings. The van der Waals surface area contributed by atoms with E-state index in [-0.39, 0.29) is 0 Å². The smallest absolute Gasteiger partial charge is 0.0535 e. The molecule has 1 aliphatic heterocycles. The highest BCUT2D eigenvalue weighted by molar-refractivity contribution is 5.40. The van der Waals surface area contributed by atoms with Gasteiger partial charge in [0.25, 0.3) is 0 Å². The molecule has 1 saturated heterocycles. The van der Waals surface area contributed by atoms with Gasteiger partial charge in [-0.1, -0.05) is 12.1 Å². The summed E-state index contributed by atoms with van der Waals surface area (Å²) in [6, 6.07) is 8.09. The highest BCUT2D eigenvalue weighted by Crippen LogP contribution is 2.25. The quantitative estimate of drug-likeness (QED) is 0.640. The second-order valence-electron chi connectivity index (χ2n) is 3.23. The normalized spacial score (nSPS) is 22.8. The lowest BCUT2D eigenvalue weighted by Gasteiger charge is -2.07. The van der Waals surface area contributed by atoms with Crippen LogP contribution in [0.3, 0.4) is 0 Å². The summed E-state index contributed by atoms with van der Waals surface area (Å²) in [7, 11) is 0. The Hall–Kier alpha value is -1.02. The largest absolute Gasteiger partial charge is 0.399 e. The van der Waals surface area contributed by atoms with Crippen LogP contribution in [0.15, 0.2) is 24.3 Å². The van der Waals surface area contributed by atoms with Crippen LogP contribution >= 0.6 is 0 Å². The molecular formula is C10H13NO. The zero-order valence-corrected chi connectivity index (χ0v) is 6.99. The van der Waals surface area contributed by atoms with E-state index in [2.05, 4.69) is 12.1 Å². The predicted octanol–water partition coefficient (Wildman–Crippen LogP) is 1.77. The molecule has 2 heteroatoms. The van der Waals surface area contributed by atoms with Crippen LogP contribution in [0.1, 0.15) is 17.9 Å². The second kappa shape index (κ2) is 3.15. The Morgan fingerprint density at radius 3 is 2.58 bits per heavy atom. The molecule has 0 aromatic heterocycles. The third kappa shape index (κ3) is 1.43. The highest BCUT2D eigenvalue weighted by atomic mass is 16.5. The molecule has 0 amide bonds. The predicted molar refractivity (Wildman–Crippen MR) is 49.0 cm³/mol. The van der Waals surface area contributed by atoms with Gasteiger partial charge in [-0.3, -0.25) is 0 Å². The molecule has 2 nitrogen and oxygen atoms in total. The fourth-order valence-electron chi connectivity index (χ4n) is 1.57. The van der Waals surface area contributed by atoms with E-state index in [4.69, 9.17) is 10.5 Å². The number of hydrogen-bond acceptors (Lipinski definition) is 2. The van der Waals surface area contributed by atoms with Gasteiger partial charge in [-0.15, -0.1) is 0 Å². The topological polar surface area (TPSA) is 35.2 Å². The van der Waals surface area contributed by atoms with Crippen molar-refractivity contribution in [2.75, 3.05) is 18.9 Å². The fraction of sp³-hybridized carbons (Fsp3) is 0.400. The molecule has 0 saturated carbocycles. The number of anilines is 1. The molecule has 0 radical (unpaired) electrons. The molecule has 0 unspecified atom stereocenters. The van der Waals surface area contributed by atoms with Crippen LogP contribution in [-0.4, -0.2) is 13.2 Å². The summed E-state index contributed by atoms with van der Waals surface area (Å²) in [6.45, 7) is 1.76. The highest BCUT2D eigenvalue weighted by Gasteiger charge is 2.16. The van der Waals surface area contributed by atoms with E-state index in [0.29, 0.717) is 5.92 Å². The van der Waals surface area contributed by atoms with Gasteiger partial charge in [0.2, 0.25) is 0 Å². The first-order valence-corrected chi connectivity index (χ1v) is 4.29. The first-order chi connectivity index (χ1) is 5.86. The summed E-state index contributed by atoms with van der Waals surface area (Å²) in [6.07, 6.45) is 1.14. The van der Waals surface area contributed by atoms with Crippen molar-refractivity contribution in [3.8, 4) is 0 Å². The van der Waals surface area contributed by atoms with Crippen LogP contribution in [0.4, 0.5) is 5.69 Å². The SMILES string of the molecule is Nc1ccc([C@@H]2CCOC2)cc1. The van der Waals surface area contributed by atoms with E-state index in [1.54, 1.807) is 0 Å². The standard InChI is InChI=1S/C10H13NO/c11-10-3-1-8(2-4-10)9-5-6-12-7-9/h1-4,9H,5-7,11H2/t9-/m1/s1. The average molecular weight is 163 g/mol. The molecule has 1 aromatic rings. The second-order valence-corrected chi connectivity index (χ2v) is 3.23. The number of nitrogens with two attached hydrogens (primary N) is 1. The molecule has 1 atom stereocenters. The molecule has 12 heavy (non-hydrogen) atoms. The third-order valence-electron chi connectivity index (χ3n) is 2.34. The number of benzene rings is 1. The van der Waals surface area contributed by atoms with Gasteiger partial charge in [0.15, 0.2) is 0 Å². The molecule has 2 rings (SSSR count). The lowest BCUT2D eigenvalue weighted by atomic mass is 9.98. The van der Waals surface area contributed by atoms with E-state index in [0.717, 1.165) is 25.3 Å². The van der Waals surface area contributed by atoms with Crippen LogP contribution in [0, 0.1) is 0 Å². The van der Waals surface area contributed by atoms with E-state index in [1.807, 2.05) is 12.1 Å². The Labute approximate surface area is 72.3 Å². The summed E-state index contributed by atoms with van der Waals surface area (Å²) in [4.78, 5) is 0. The molecular weight excluding hydrogens is 150 g/mol. The molecule has 2 N–H and O–H groups in total. The average Bonchev–Trinajstić information content (AvgIpc) is 2.58. The van der Waals surface area contributed by atoms with Gasteiger partial charge in [-0.05, 0) is 24.1 Å². The van der Waals surface area contributed by atoms with Gasteiger partial charge in [-0.25, -0.2) is 0 Å². The van der Waals surface area contributed by atoms with Gasteiger partial charge in [-0.2, -0.15) is 0 Å². The zero-order chi connectivity index (χ0) is 8.39. The van der Waals surface area contributed by atoms with Crippen LogP contribution in [0.5, 0.6) is 0 Å². The number of hydrogen-bond donors (Lipinski definition) is 1. The van der Waals surface area contributed by atoms with Crippen molar-refractivity contribution >= 4 is 5.69 Å². The Balaban J connectivity index is 2.17. The van der Waals surface area contributed by atoms with E-state index in [1.165, 1.54) is 5.56 Å². The maximum absolute atomic E-state index is 5.59. The molecule has 1 aliphatic rings. The van der Waals surface area contributed by atoms with E-state index < -0.39 is 0 Å². The summed E-state index contributed by atoms with van der Waals surface area (Å²) >= 11 is 0.